The summed E-state index contributed by atoms with van der Waals surface area (Å²) in [7, 11) is 0. The molecular weight excluding hydrogens is 522 g/mol. The van der Waals surface area contributed by atoms with E-state index in [1.54, 1.807) is 0 Å². The Bertz CT molecular complexity index is 860. The molecule has 0 radical (unpaired) electrons. The van der Waals surface area contributed by atoms with Crippen LogP contribution in [0.2, 0.25) is 0 Å². The van der Waals surface area contributed by atoms with Gasteiger partial charge >= 0.3 is 5.97 Å². The van der Waals surface area contributed by atoms with Crippen LogP contribution in [0.3, 0.4) is 0 Å². The van der Waals surface area contributed by atoms with Crippen LogP contribution < -0.4 is 50.4 Å². The summed E-state index contributed by atoms with van der Waals surface area (Å²) in [6.07, 6.45) is 2.87. The van der Waals surface area contributed by atoms with E-state index in [-0.39, 0.29) is 50.2 Å². The third-order valence-electron chi connectivity index (χ3n) is 6.28. The minimum Gasteiger partial charge on any atom is -0.480 e. The summed E-state index contributed by atoms with van der Waals surface area (Å²) in [5, 5.41) is 17.4. The molecule has 0 fully saturated rings. The highest BCUT2D eigenvalue weighted by atomic mass is 16.4. The van der Waals surface area contributed by atoms with Crippen molar-refractivity contribution in [3.05, 3.63) is 0 Å². The minimum atomic E-state index is -1.26. The molecule has 5 unspecified atom stereocenters. The number of aliphatic imine (C=N–C) groups is 2. The van der Waals surface area contributed by atoms with Crippen LogP contribution in [0.5, 0.6) is 0 Å². The van der Waals surface area contributed by atoms with Crippen LogP contribution in [0.25, 0.3) is 0 Å². The molecule has 16 heteroatoms. The van der Waals surface area contributed by atoms with Crippen LogP contribution in [0.4, 0.5) is 0 Å². The molecule has 40 heavy (non-hydrogen) atoms. The van der Waals surface area contributed by atoms with E-state index in [4.69, 9.17) is 34.4 Å². The zero-order valence-corrected chi connectivity index (χ0v) is 23.6. The summed E-state index contributed by atoms with van der Waals surface area (Å²) in [6, 6.07) is -4.16. The first-order valence-corrected chi connectivity index (χ1v) is 13.5. The Kier molecular flexibility index (Phi) is 18.4. The predicted molar refractivity (Wildman–Crippen MR) is 154 cm³/mol. The van der Waals surface area contributed by atoms with E-state index in [2.05, 4.69) is 25.9 Å². The first kappa shape index (κ1) is 36.3. The molecule has 0 spiro atoms. The Morgan fingerprint density at radius 2 is 1.15 bits per heavy atom. The highest BCUT2D eigenvalue weighted by Gasteiger charge is 2.30. The van der Waals surface area contributed by atoms with Gasteiger partial charge in [-0.1, -0.05) is 20.3 Å². The van der Waals surface area contributed by atoms with E-state index in [0.29, 0.717) is 38.6 Å². The fourth-order valence-corrected chi connectivity index (χ4v) is 3.62. The number of amides is 3. The first-order valence-electron chi connectivity index (χ1n) is 13.5. The van der Waals surface area contributed by atoms with Crippen molar-refractivity contribution < 1.29 is 24.3 Å². The number of nitrogens with zero attached hydrogens (tertiary/aromatic N) is 2. The molecule has 0 aliphatic carbocycles. The lowest BCUT2D eigenvalue weighted by Gasteiger charge is -2.26. The van der Waals surface area contributed by atoms with E-state index in [1.807, 2.05) is 13.8 Å². The number of nitrogens with one attached hydrogen (secondary N) is 3. The van der Waals surface area contributed by atoms with Gasteiger partial charge in [0, 0.05) is 13.1 Å². The molecule has 0 heterocycles. The highest BCUT2D eigenvalue weighted by Crippen LogP contribution is 2.09. The molecule has 5 atom stereocenters. The Morgan fingerprint density at radius 1 is 0.725 bits per heavy atom. The van der Waals surface area contributed by atoms with Gasteiger partial charge in [-0.25, -0.2) is 4.79 Å². The number of hydrogen-bond acceptors (Lipinski definition) is 8. The standard InChI is InChI=1S/C24H49N11O5/c1-3-14(2)18(26)21(38)34-15(8-4-5-11-25)19(36)33-16(9-6-12-31-23(27)28)20(37)35-17(22(39)40)10-7-13-32-24(29)30/h14-18H,3-13,25-26H2,1-2H3,(H,33,36)(H,34,38)(H,35,37)(H,39,40)(H4,27,28,31)(H4,29,30,32). The van der Waals surface area contributed by atoms with Crippen molar-refractivity contribution in [1.82, 2.24) is 16.0 Å². The van der Waals surface area contributed by atoms with Crippen molar-refractivity contribution in [3.63, 3.8) is 0 Å². The molecule has 0 rings (SSSR count). The van der Waals surface area contributed by atoms with Gasteiger partial charge in [0.2, 0.25) is 17.7 Å². The average molecular weight is 572 g/mol. The third kappa shape index (κ3) is 15.7. The quantitative estimate of drug-likeness (QED) is 0.0379. The number of carboxylic acid groups (broad SMARTS) is 1. The molecule has 0 aromatic heterocycles. The van der Waals surface area contributed by atoms with Gasteiger partial charge in [0.1, 0.15) is 18.1 Å². The van der Waals surface area contributed by atoms with Crippen LogP contribution >= 0.6 is 0 Å². The Hall–Kier alpha value is -3.66. The van der Waals surface area contributed by atoms with Crippen molar-refractivity contribution >= 4 is 35.6 Å². The SMILES string of the molecule is CCC(C)C(N)C(=O)NC(CCCCN)C(=O)NC(CCCN=C(N)N)C(=O)NC(CCCN=C(N)N)C(=O)O. The van der Waals surface area contributed by atoms with Crippen molar-refractivity contribution in [3.8, 4) is 0 Å². The van der Waals surface area contributed by atoms with Crippen LogP contribution in [0, 0.1) is 5.92 Å². The van der Waals surface area contributed by atoms with Gasteiger partial charge in [-0.15, -0.1) is 0 Å². The molecule has 0 bridgehead atoms. The van der Waals surface area contributed by atoms with E-state index in [9.17, 15) is 24.3 Å². The molecule has 16 nitrogen and oxygen atoms in total. The molecule has 0 aromatic rings. The van der Waals surface area contributed by atoms with E-state index < -0.39 is 47.9 Å². The second-order valence-corrected chi connectivity index (χ2v) is 9.62. The molecule has 230 valence electrons. The molecule has 0 saturated carbocycles. The molecule has 3 amide bonds. The molecule has 0 saturated heterocycles. The van der Waals surface area contributed by atoms with Gasteiger partial charge in [0.25, 0.3) is 0 Å². The van der Waals surface area contributed by atoms with Crippen LogP contribution in [0.15, 0.2) is 9.98 Å². The first-order chi connectivity index (χ1) is 18.8. The highest BCUT2D eigenvalue weighted by molar-refractivity contribution is 5.94. The number of carboxylic acids is 1. The van der Waals surface area contributed by atoms with Crippen molar-refractivity contribution in [1.29, 1.82) is 0 Å². The maximum absolute atomic E-state index is 13.3. The molecule has 0 aromatic carbocycles. The third-order valence-corrected chi connectivity index (χ3v) is 6.28. The summed E-state index contributed by atoms with van der Waals surface area (Å²) < 4.78 is 0. The number of nitrogens with two attached hydrogens (primary N) is 6. The van der Waals surface area contributed by atoms with Crippen molar-refractivity contribution in [2.24, 2.45) is 50.3 Å². The molecular formula is C24H49N11O5. The minimum absolute atomic E-state index is 0.0534. The number of rotatable bonds is 21. The van der Waals surface area contributed by atoms with Crippen molar-refractivity contribution in [2.75, 3.05) is 19.6 Å². The monoisotopic (exact) mass is 571 g/mol. The van der Waals surface area contributed by atoms with Gasteiger partial charge < -0.3 is 55.5 Å². The second-order valence-electron chi connectivity index (χ2n) is 9.62. The lowest BCUT2D eigenvalue weighted by Crippen LogP contribution is -2.57. The van der Waals surface area contributed by atoms with E-state index >= 15 is 0 Å². The lowest BCUT2D eigenvalue weighted by molar-refractivity contribution is -0.142. The number of unbranched alkanes of at least 4 members (excludes halogenated alkanes) is 1. The summed E-state index contributed by atoms with van der Waals surface area (Å²) in [4.78, 5) is 58.6. The zero-order chi connectivity index (χ0) is 30.7. The summed E-state index contributed by atoms with van der Waals surface area (Å²) in [5.41, 5.74) is 32.9. The lowest BCUT2D eigenvalue weighted by atomic mass is 9.98. The fourth-order valence-electron chi connectivity index (χ4n) is 3.62. The van der Waals surface area contributed by atoms with Crippen LogP contribution in [0.1, 0.15) is 65.2 Å². The van der Waals surface area contributed by atoms with Crippen LogP contribution in [-0.4, -0.2) is 84.5 Å². The Balaban J connectivity index is 5.70. The maximum Gasteiger partial charge on any atom is 0.326 e. The number of aliphatic carboxylic acids is 1. The molecule has 0 aliphatic rings. The van der Waals surface area contributed by atoms with Gasteiger partial charge in [-0.2, -0.15) is 0 Å². The number of guanidine groups is 2. The smallest absolute Gasteiger partial charge is 0.326 e. The van der Waals surface area contributed by atoms with E-state index in [1.165, 1.54) is 0 Å². The van der Waals surface area contributed by atoms with Gasteiger partial charge in [0.15, 0.2) is 11.9 Å². The zero-order valence-electron chi connectivity index (χ0n) is 23.6. The van der Waals surface area contributed by atoms with Crippen molar-refractivity contribution in [2.45, 2.75) is 89.4 Å². The normalized spacial score (nSPS) is 14.5. The number of carbonyl (C=O) groups is 4. The maximum atomic E-state index is 13.3. The van der Waals surface area contributed by atoms with Crippen LogP contribution in [-0.2, 0) is 19.2 Å². The van der Waals surface area contributed by atoms with E-state index in [0.717, 1.165) is 0 Å². The van der Waals surface area contributed by atoms with Gasteiger partial charge in [-0.05, 0) is 57.4 Å². The molecule has 16 N–H and O–H groups in total. The average Bonchev–Trinajstić information content (AvgIpc) is 2.89. The second kappa shape index (κ2) is 20.3. The Morgan fingerprint density at radius 3 is 1.57 bits per heavy atom. The van der Waals surface area contributed by atoms with Gasteiger partial charge in [-0.3, -0.25) is 24.4 Å². The Labute approximate surface area is 235 Å². The number of hydrogen-bond donors (Lipinski definition) is 10. The largest absolute Gasteiger partial charge is 0.480 e. The van der Waals surface area contributed by atoms with Gasteiger partial charge in [0.05, 0.1) is 6.04 Å². The predicted octanol–water partition coefficient (Wildman–Crippen LogP) is -2.87. The topological polar surface area (TPSA) is 305 Å². The fraction of sp³-hybridized carbons (Fsp3) is 0.750. The number of carbonyl (C=O) groups excluding carboxylic acids is 3. The summed E-state index contributed by atoms with van der Waals surface area (Å²) in [5.74, 6) is -3.42. The summed E-state index contributed by atoms with van der Waals surface area (Å²) >= 11 is 0. The molecule has 0 aliphatic heterocycles. The summed E-state index contributed by atoms with van der Waals surface area (Å²) in [6.45, 7) is 4.51.